The highest BCUT2D eigenvalue weighted by molar-refractivity contribution is 6.31. The molecule has 2 aromatic carbocycles. The molecule has 1 atom stereocenters. The van der Waals surface area contributed by atoms with Crippen LogP contribution in [0.5, 0.6) is 5.75 Å². The zero-order valence-electron chi connectivity index (χ0n) is 22.1. The number of rotatable bonds is 10. The van der Waals surface area contributed by atoms with Gasteiger partial charge in [-0.1, -0.05) is 50.2 Å². The lowest BCUT2D eigenvalue weighted by molar-refractivity contribution is -0.130. The number of benzene rings is 2. The highest BCUT2D eigenvalue weighted by Gasteiger charge is 2.36. The summed E-state index contributed by atoms with van der Waals surface area (Å²) in [6.07, 6.45) is 6.77. The van der Waals surface area contributed by atoms with Crippen molar-refractivity contribution in [1.29, 1.82) is 0 Å². The lowest BCUT2D eigenvalue weighted by Crippen LogP contribution is -2.53. The Bertz CT molecular complexity index is 1530. The number of fused-ring (bicyclic) bond motifs is 1. The molecule has 0 radical (unpaired) electrons. The number of amides is 4. The Hall–Kier alpha value is -4.59. The van der Waals surface area contributed by atoms with Crippen LogP contribution >= 0.6 is 0 Å². The maximum atomic E-state index is 13.2. The fourth-order valence-electron chi connectivity index (χ4n) is 4.78. The molecule has 3 heterocycles. The van der Waals surface area contributed by atoms with E-state index in [9.17, 15) is 14.4 Å². The third kappa shape index (κ3) is 5.50. The Morgan fingerprint density at radius 1 is 1.03 bits per heavy atom. The van der Waals surface area contributed by atoms with Gasteiger partial charge in [0.2, 0.25) is 0 Å². The third-order valence-electron chi connectivity index (χ3n) is 7.06. The molecular formula is C31H31N3O5. The van der Waals surface area contributed by atoms with Crippen molar-refractivity contribution in [2.45, 2.75) is 45.7 Å². The molecule has 5 rings (SSSR count). The topological polar surface area (TPSA) is 93.8 Å². The van der Waals surface area contributed by atoms with E-state index in [1.807, 2.05) is 48.7 Å². The van der Waals surface area contributed by atoms with Crippen LogP contribution in [-0.2, 0) is 22.7 Å². The van der Waals surface area contributed by atoms with Gasteiger partial charge in [0.05, 0.1) is 19.4 Å². The molecular weight excluding hydrogens is 494 g/mol. The van der Waals surface area contributed by atoms with Crippen molar-refractivity contribution >= 4 is 34.8 Å². The van der Waals surface area contributed by atoms with Crippen LogP contribution in [0.15, 0.2) is 83.1 Å². The van der Waals surface area contributed by atoms with E-state index in [0.29, 0.717) is 24.8 Å². The minimum absolute atomic E-state index is 0.0653. The van der Waals surface area contributed by atoms with Crippen LogP contribution in [0.3, 0.4) is 0 Å². The smallest absolute Gasteiger partial charge is 0.331 e. The second kappa shape index (κ2) is 11.4. The van der Waals surface area contributed by atoms with Gasteiger partial charge in [0.25, 0.3) is 11.8 Å². The van der Waals surface area contributed by atoms with Crippen molar-refractivity contribution in [3.8, 4) is 5.75 Å². The number of aromatic nitrogens is 1. The Morgan fingerprint density at radius 2 is 1.82 bits per heavy atom. The Labute approximate surface area is 226 Å². The minimum Gasteiger partial charge on any atom is -0.493 e. The van der Waals surface area contributed by atoms with Crippen LogP contribution in [0.25, 0.3) is 17.0 Å². The van der Waals surface area contributed by atoms with Crippen LogP contribution in [0, 0.1) is 0 Å². The number of urea groups is 1. The molecule has 8 nitrogen and oxygen atoms in total. The average Bonchev–Trinajstić information content (AvgIpc) is 3.59. The number of imide groups is 2. The standard InChI is InChI=1S/C31H31N3O5/c1-3-21(2)24-11-5-7-14-28(24)39-17-9-15-33-19-22(25-12-4-6-13-27(25)33)18-26-29(35)32-31(37)34(30(26)36)20-23-10-8-16-38-23/h4-8,10-14,16,18-19,21H,3,9,15,17,20H2,1-2H3,(H,32,35,37)/b26-18-/t21-/m0/s1. The largest absolute Gasteiger partial charge is 0.493 e. The van der Waals surface area contributed by atoms with Gasteiger partial charge in [-0.25, -0.2) is 4.79 Å². The number of barbiturate groups is 1. The van der Waals surface area contributed by atoms with E-state index in [1.165, 1.54) is 11.8 Å². The molecule has 4 amide bonds. The summed E-state index contributed by atoms with van der Waals surface area (Å²) in [5.74, 6) is 0.411. The lowest BCUT2D eigenvalue weighted by Gasteiger charge is -2.25. The van der Waals surface area contributed by atoms with Gasteiger partial charge in [-0.05, 0) is 54.7 Å². The maximum absolute atomic E-state index is 13.2. The average molecular weight is 526 g/mol. The van der Waals surface area contributed by atoms with Crippen LogP contribution in [0.2, 0.25) is 0 Å². The molecule has 1 aliphatic heterocycles. The van der Waals surface area contributed by atoms with E-state index in [4.69, 9.17) is 9.15 Å². The quantitative estimate of drug-likeness (QED) is 0.159. The normalized spacial score (nSPS) is 15.7. The molecule has 8 heteroatoms. The fourth-order valence-corrected chi connectivity index (χ4v) is 4.78. The van der Waals surface area contributed by atoms with Crippen molar-refractivity contribution in [1.82, 2.24) is 14.8 Å². The Morgan fingerprint density at radius 3 is 2.62 bits per heavy atom. The summed E-state index contributed by atoms with van der Waals surface area (Å²) in [5.41, 5.74) is 2.82. The number of nitrogens with one attached hydrogen (secondary N) is 1. The van der Waals surface area contributed by atoms with Gasteiger partial charge < -0.3 is 13.7 Å². The molecule has 0 saturated carbocycles. The van der Waals surface area contributed by atoms with E-state index in [-0.39, 0.29) is 12.1 Å². The Kier molecular flexibility index (Phi) is 7.63. The number of ether oxygens (including phenoxy) is 1. The number of hydrogen-bond acceptors (Lipinski definition) is 5. The summed E-state index contributed by atoms with van der Waals surface area (Å²) in [4.78, 5) is 39.2. The van der Waals surface area contributed by atoms with Gasteiger partial charge in [0.15, 0.2) is 0 Å². The Balaban J connectivity index is 1.34. The van der Waals surface area contributed by atoms with Crippen molar-refractivity contribution in [2.75, 3.05) is 6.61 Å². The number of aryl methyl sites for hydroxylation is 1. The van der Waals surface area contributed by atoms with Crippen LogP contribution in [-0.4, -0.2) is 33.9 Å². The second-order valence-corrected chi connectivity index (χ2v) is 9.63. The highest BCUT2D eigenvalue weighted by Crippen LogP contribution is 2.29. The van der Waals surface area contributed by atoms with Gasteiger partial charge >= 0.3 is 6.03 Å². The predicted octanol–water partition coefficient (Wildman–Crippen LogP) is 5.88. The summed E-state index contributed by atoms with van der Waals surface area (Å²) in [6, 6.07) is 18.6. The third-order valence-corrected chi connectivity index (χ3v) is 7.06. The first kappa shape index (κ1) is 26.0. The molecule has 0 bridgehead atoms. The number of furan rings is 1. The monoisotopic (exact) mass is 525 g/mol. The molecule has 2 aromatic heterocycles. The zero-order chi connectivity index (χ0) is 27.4. The van der Waals surface area contributed by atoms with Gasteiger partial charge in [-0.2, -0.15) is 0 Å². The van der Waals surface area contributed by atoms with Crippen molar-refractivity contribution < 1.29 is 23.5 Å². The van der Waals surface area contributed by atoms with E-state index in [1.54, 1.807) is 18.2 Å². The SMILES string of the molecule is CC[C@H](C)c1ccccc1OCCCn1cc(/C=C2/C(=O)NC(=O)N(Cc3ccco3)C2=O)c2ccccc21. The van der Waals surface area contributed by atoms with Crippen LogP contribution in [0.1, 0.15) is 49.5 Å². The lowest BCUT2D eigenvalue weighted by atomic mass is 9.98. The second-order valence-electron chi connectivity index (χ2n) is 9.63. The first-order valence-corrected chi connectivity index (χ1v) is 13.2. The first-order chi connectivity index (χ1) is 19.0. The highest BCUT2D eigenvalue weighted by atomic mass is 16.5. The van der Waals surface area contributed by atoms with Crippen molar-refractivity contribution in [3.63, 3.8) is 0 Å². The molecule has 39 heavy (non-hydrogen) atoms. The molecule has 1 N–H and O–H groups in total. The van der Waals surface area contributed by atoms with Gasteiger partial charge in [0, 0.05) is 29.2 Å². The summed E-state index contributed by atoms with van der Waals surface area (Å²) in [5, 5.41) is 3.17. The van der Waals surface area contributed by atoms with Gasteiger partial charge in [-0.15, -0.1) is 0 Å². The summed E-state index contributed by atoms with van der Waals surface area (Å²) in [6.45, 7) is 5.56. The molecule has 0 aliphatic carbocycles. The van der Waals surface area contributed by atoms with Gasteiger partial charge in [0.1, 0.15) is 17.1 Å². The minimum atomic E-state index is -0.768. The summed E-state index contributed by atoms with van der Waals surface area (Å²) in [7, 11) is 0. The van der Waals surface area contributed by atoms with Crippen molar-refractivity contribution in [3.05, 3.63) is 95.6 Å². The predicted molar refractivity (Wildman–Crippen MR) is 148 cm³/mol. The van der Waals surface area contributed by atoms with Crippen molar-refractivity contribution in [2.24, 2.45) is 0 Å². The molecule has 0 unspecified atom stereocenters. The summed E-state index contributed by atoms with van der Waals surface area (Å²) < 4.78 is 13.5. The van der Waals surface area contributed by atoms with E-state index < -0.39 is 17.8 Å². The number of hydrogen-bond donors (Lipinski definition) is 1. The molecule has 200 valence electrons. The number of nitrogens with zero attached hydrogens (tertiary/aromatic N) is 2. The van der Waals surface area contributed by atoms with E-state index >= 15 is 0 Å². The number of carbonyl (C=O) groups is 3. The molecule has 4 aromatic rings. The zero-order valence-corrected chi connectivity index (χ0v) is 22.1. The van der Waals surface area contributed by atoms with Gasteiger partial charge in [-0.3, -0.25) is 19.8 Å². The van der Waals surface area contributed by atoms with E-state index in [0.717, 1.165) is 40.0 Å². The molecule has 0 spiro atoms. The first-order valence-electron chi connectivity index (χ1n) is 13.2. The van der Waals surface area contributed by atoms with E-state index in [2.05, 4.69) is 29.8 Å². The molecule has 1 saturated heterocycles. The maximum Gasteiger partial charge on any atom is 0.331 e. The molecule has 1 aliphatic rings. The van der Waals surface area contributed by atoms with Crippen LogP contribution in [0.4, 0.5) is 4.79 Å². The number of para-hydroxylation sites is 2. The fraction of sp³-hybridized carbons (Fsp3) is 0.258. The number of carbonyl (C=O) groups excluding carboxylic acids is 3. The molecule has 1 fully saturated rings. The summed E-state index contributed by atoms with van der Waals surface area (Å²) >= 11 is 0. The van der Waals surface area contributed by atoms with Crippen LogP contribution < -0.4 is 10.1 Å².